The first-order valence-corrected chi connectivity index (χ1v) is 12.2. The third-order valence-corrected chi connectivity index (χ3v) is 6.02. The van der Waals surface area contributed by atoms with Crippen LogP contribution in [0.5, 0.6) is 11.5 Å². The molecule has 3 rings (SSSR count). The number of ether oxygens (including phenoxy) is 2. The van der Waals surface area contributed by atoms with Crippen LogP contribution in [-0.4, -0.2) is 33.4 Å². The minimum Gasteiger partial charge on any atom is -0.494 e. The molecule has 0 saturated carbocycles. The van der Waals surface area contributed by atoms with Crippen molar-refractivity contribution in [2.45, 2.75) is 24.7 Å². The fourth-order valence-electron chi connectivity index (χ4n) is 3.22. The molecule has 0 saturated heterocycles. The highest BCUT2D eigenvalue weighted by Gasteiger charge is 2.18. The molecule has 0 atom stereocenters. The number of aryl methyl sites for hydroxylation is 1. The number of carbonyl (C=O) groups excluding carboxylic acids is 1. The zero-order valence-corrected chi connectivity index (χ0v) is 19.9. The number of hydrogen-bond donors (Lipinski definition) is 3. The zero-order valence-electron chi connectivity index (χ0n) is 19.1. The first-order valence-electron chi connectivity index (χ1n) is 10.8. The SMILES string of the molecule is Cc1ccc(C(=O)Nc2ccccc2OCCCCOc2cccc(C(=N)N)c2)cc1S(=O)(=O)F. The van der Waals surface area contributed by atoms with Gasteiger partial charge in [-0.3, -0.25) is 10.2 Å². The minimum atomic E-state index is -4.94. The highest BCUT2D eigenvalue weighted by molar-refractivity contribution is 7.86. The van der Waals surface area contributed by atoms with Crippen molar-refractivity contribution in [2.75, 3.05) is 18.5 Å². The average Bonchev–Trinajstić information content (AvgIpc) is 2.82. The number of amidine groups is 1. The Bertz CT molecular complexity index is 1330. The summed E-state index contributed by atoms with van der Waals surface area (Å²) in [5.74, 6) is 0.463. The van der Waals surface area contributed by atoms with Gasteiger partial charge in [0.1, 0.15) is 22.2 Å². The molecule has 3 aromatic carbocycles. The van der Waals surface area contributed by atoms with Gasteiger partial charge in [-0.2, -0.15) is 8.42 Å². The van der Waals surface area contributed by atoms with Gasteiger partial charge in [0.25, 0.3) is 5.91 Å². The Labute approximate surface area is 203 Å². The molecule has 0 radical (unpaired) electrons. The summed E-state index contributed by atoms with van der Waals surface area (Å²) in [5, 5.41) is 10.2. The van der Waals surface area contributed by atoms with Gasteiger partial charge in [-0.15, -0.1) is 3.89 Å². The molecule has 0 aliphatic carbocycles. The van der Waals surface area contributed by atoms with Crippen molar-refractivity contribution >= 4 is 27.7 Å². The van der Waals surface area contributed by atoms with Crippen molar-refractivity contribution < 1.29 is 26.6 Å². The lowest BCUT2D eigenvalue weighted by Gasteiger charge is -2.13. The lowest BCUT2D eigenvalue weighted by atomic mass is 10.1. The number of hydrogen-bond acceptors (Lipinski definition) is 6. The summed E-state index contributed by atoms with van der Waals surface area (Å²) in [6, 6.07) is 17.7. The third kappa shape index (κ3) is 7.28. The van der Waals surface area contributed by atoms with Crippen LogP contribution in [0.25, 0.3) is 0 Å². The molecule has 0 fully saturated rings. The lowest BCUT2D eigenvalue weighted by molar-refractivity contribution is 0.102. The van der Waals surface area contributed by atoms with E-state index in [1.165, 1.54) is 19.1 Å². The number of amides is 1. The molecular weight excluding hydrogens is 473 g/mol. The smallest absolute Gasteiger partial charge is 0.332 e. The number of halogens is 1. The molecule has 8 nitrogen and oxygen atoms in total. The van der Waals surface area contributed by atoms with E-state index in [4.69, 9.17) is 20.6 Å². The van der Waals surface area contributed by atoms with E-state index >= 15 is 0 Å². The molecule has 0 unspecified atom stereocenters. The van der Waals surface area contributed by atoms with Gasteiger partial charge in [-0.1, -0.05) is 30.3 Å². The number of para-hydroxylation sites is 2. The van der Waals surface area contributed by atoms with Gasteiger partial charge in [-0.05, 0) is 61.7 Å². The molecule has 0 aliphatic rings. The molecule has 0 spiro atoms. The van der Waals surface area contributed by atoms with Crippen LogP contribution >= 0.6 is 0 Å². The summed E-state index contributed by atoms with van der Waals surface area (Å²) in [7, 11) is -4.94. The highest BCUT2D eigenvalue weighted by Crippen LogP contribution is 2.26. The molecule has 0 heterocycles. The van der Waals surface area contributed by atoms with Gasteiger partial charge < -0.3 is 20.5 Å². The Hall–Kier alpha value is -3.92. The number of rotatable bonds is 11. The Morgan fingerprint density at radius 2 is 1.69 bits per heavy atom. The lowest BCUT2D eigenvalue weighted by Crippen LogP contribution is -2.14. The van der Waals surface area contributed by atoms with Crippen LogP contribution in [-0.2, 0) is 10.2 Å². The zero-order chi connectivity index (χ0) is 25.4. The Morgan fingerprint density at radius 3 is 2.40 bits per heavy atom. The second-order valence-corrected chi connectivity index (χ2v) is 9.03. The predicted molar refractivity (Wildman–Crippen MR) is 132 cm³/mol. The molecule has 3 aromatic rings. The number of benzene rings is 3. The minimum absolute atomic E-state index is 0.00705. The van der Waals surface area contributed by atoms with E-state index in [0.717, 1.165) is 6.07 Å². The van der Waals surface area contributed by atoms with E-state index in [1.807, 2.05) is 0 Å². The normalized spacial score (nSPS) is 11.0. The summed E-state index contributed by atoms with van der Waals surface area (Å²) >= 11 is 0. The Kier molecular flexibility index (Phi) is 8.43. The van der Waals surface area contributed by atoms with Crippen LogP contribution in [0.15, 0.2) is 71.6 Å². The second-order valence-electron chi connectivity index (χ2n) is 7.71. The quantitative estimate of drug-likeness (QED) is 0.155. The van der Waals surface area contributed by atoms with Crippen molar-refractivity contribution in [3.05, 3.63) is 83.4 Å². The number of nitrogen functional groups attached to an aromatic ring is 1. The average molecular weight is 500 g/mol. The topological polar surface area (TPSA) is 132 Å². The number of unbranched alkanes of at least 4 members (excludes halogenated alkanes) is 1. The Morgan fingerprint density at radius 1 is 0.971 bits per heavy atom. The van der Waals surface area contributed by atoms with Crippen LogP contribution in [0.3, 0.4) is 0 Å². The highest BCUT2D eigenvalue weighted by atomic mass is 32.3. The molecule has 0 aromatic heterocycles. The van der Waals surface area contributed by atoms with Crippen molar-refractivity contribution in [1.29, 1.82) is 5.41 Å². The summed E-state index contributed by atoms with van der Waals surface area (Å²) in [6.07, 6.45) is 1.40. The van der Waals surface area contributed by atoms with E-state index in [-0.39, 0.29) is 17.0 Å². The predicted octanol–water partition coefficient (Wildman–Crippen LogP) is 4.43. The first kappa shape index (κ1) is 25.7. The molecule has 0 aliphatic heterocycles. The first-order chi connectivity index (χ1) is 16.6. The summed E-state index contributed by atoms with van der Waals surface area (Å²) in [4.78, 5) is 12.1. The van der Waals surface area contributed by atoms with Crippen molar-refractivity contribution in [3.63, 3.8) is 0 Å². The maximum Gasteiger partial charge on any atom is 0.332 e. The van der Waals surface area contributed by atoms with E-state index in [1.54, 1.807) is 48.5 Å². The number of carbonyl (C=O) groups is 1. The van der Waals surface area contributed by atoms with Gasteiger partial charge in [0.05, 0.1) is 18.9 Å². The molecule has 4 N–H and O–H groups in total. The largest absolute Gasteiger partial charge is 0.494 e. The van der Waals surface area contributed by atoms with Gasteiger partial charge >= 0.3 is 10.2 Å². The fraction of sp³-hybridized carbons (Fsp3) is 0.200. The van der Waals surface area contributed by atoms with Crippen LogP contribution in [0, 0.1) is 12.3 Å². The summed E-state index contributed by atoms with van der Waals surface area (Å²) in [5.41, 5.74) is 6.70. The van der Waals surface area contributed by atoms with Gasteiger partial charge in [0, 0.05) is 11.1 Å². The third-order valence-electron chi connectivity index (χ3n) is 5.06. The number of nitrogens with two attached hydrogens (primary N) is 1. The van der Waals surface area contributed by atoms with Crippen molar-refractivity contribution in [1.82, 2.24) is 0 Å². The maximum atomic E-state index is 13.5. The molecule has 184 valence electrons. The molecule has 10 heteroatoms. The fourth-order valence-corrected chi connectivity index (χ4v) is 3.94. The van der Waals surface area contributed by atoms with Crippen LogP contribution in [0.4, 0.5) is 9.57 Å². The second kappa shape index (κ2) is 11.5. The standard InChI is InChI=1S/C25H26FN3O5S/c1-17-11-12-19(16-23(17)35(26,31)32)25(30)29-21-9-2-3-10-22(21)34-14-5-4-13-33-20-8-6-7-18(15-20)24(27)28/h2-3,6-12,15-16H,4-5,13-14H2,1H3,(H3,27,28)(H,29,30). The summed E-state index contributed by atoms with van der Waals surface area (Å²) in [6.45, 7) is 2.28. The maximum absolute atomic E-state index is 13.5. The van der Waals surface area contributed by atoms with E-state index in [9.17, 15) is 17.1 Å². The molecular formula is C25H26FN3O5S. The van der Waals surface area contributed by atoms with Crippen LogP contribution in [0.2, 0.25) is 0 Å². The van der Waals surface area contributed by atoms with E-state index in [2.05, 4.69) is 5.32 Å². The summed E-state index contributed by atoms with van der Waals surface area (Å²) < 4.78 is 47.6. The van der Waals surface area contributed by atoms with E-state index < -0.39 is 21.0 Å². The van der Waals surface area contributed by atoms with Crippen molar-refractivity contribution in [2.24, 2.45) is 5.73 Å². The van der Waals surface area contributed by atoms with Gasteiger partial charge in [0.2, 0.25) is 0 Å². The van der Waals surface area contributed by atoms with E-state index in [0.29, 0.717) is 48.8 Å². The monoisotopic (exact) mass is 499 g/mol. The van der Waals surface area contributed by atoms with Crippen LogP contribution < -0.4 is 20.5 Å². The Balaban J connectivity index is 1.53. The molecule has 1 amide bonds. The van der Waals surface area contributed by atoms with Crippen LogP contribution in [0.1, 0.15) is 34.3 Å². The molecule has 0 bridgehead atoms. The number of nitrogens with one attached hydrogen (secondary N) is 2. The number of anilines is 1. The molecule has 35 heavy (non-hydrogen) atoms. The van der Waals surface area contributed by atoms with Gasteiger partial charge in [0.15, 0.2) is 0 Å². The van der Waals surface area contributed by atoms with Crippen molar-refractivity contribution in [3.8, 4) is 11.5 Å². The van der Waals surface area contributed by atoms with Gasteiger partial charge in [-0.25, -0.2) is 0 Å².